The van der Waals surface area contributed by atoms with E-state index in [9.17, 15) is 4.39 Å². The Morgan fingerprint density at radius 1 is 1.40 bits per heavy atom. The van der Waals surface area contributed by atoms with Gasteiger partial charge < -0.3 is 5.32 Å². The number of halogens is 2. The van der Waals surface area contributed by atoms with Crippen LogP contribution in [0.1, 0.15) is 33.3 Å². The van der Waals surface area contributed by atoms with Crippen molar-refractivity contribution in [3.63, 3.8) is 0 Å². The third-order valence-corrected chi connectivity index (χ3v) is 4.37. The average Bonchev–Trinajstić information content (AvgIpc) is 2.33. The lowest BCUT2D eigenvalue weighted by Gasteiger charge is -2.44. The highest BCUT2D eigenvalue weighted by Crippen LogP contribution is 2.25. The monoisotopic (exact) mass is 298 g/mol. The quantitative estimate of drug-likeness (QED) is 0.896. The predicted octanol–water partition coefficient (Wildman–Crippen LogP) is 3.69. The van der Waals surface area contributed by atoms with Crippen molar-refractivity contribution in [2.24, 2.45) is 5.41 Å². The predicted molar refractivity (Wildman–Crippen MR) is 82.5 cm³/mol. The molecule has 2 nitrogen and oxygen atoms in total. The molecule has 0 bridgehead atoms. The van der Waals surface area contributed by atoms with Crippen molar-refractivity contribution in [1.82, 2.24) is 10.2 Å². The summed E-state index contributed by atoms with van der Waals surface area (Å²) in [5, 5.41) is 4.04. The van der Waals surface area contributed by atoms with Crippen LogP contribution in [0.2, 0.25) is 5.02 Å². The second-order valence-electron chi connectivity index (χ2n) is 6.84. The minimum Gasteiger partial charge on any atom is -0.311 e. The average molecular weight is 299 g/mol. The number of piperazine rings is 1. The highest BCUT2D eigenvalue weighted by Gasteiger charge is 2.32. The minimum atomic E-state index is -0.212. The van der Waals surface area contributed by atoms with Crippen molar-refractivity contribution in [2.45, 2.75) is 46.3 Å². The van der Waals surface area contributed by atoms with E-state index in [0.29, 0.717) is 23.7 Å². The lowest BCUT2D eigenvalue weighted by Crippen LogP contribution is -2.59. The summed E-state index contributed by atoms with van der Waals surface area (Å²) < 4.78 is 13.9. The van der Waals surface area contributed by atoms with Gasteiger partial charge >= 0.3 is 0 Å². The van der Waals surface area contributed by atoms with Crippen molar-refractivity contribution < 1.29 is 4.39 Å². The van der Waals surface area contributed by atoms with Crippen LogP contribution < -0.4 is 5.32 Å². The van der Waals surface area contributed by atoms with Crippen LogP contribution >= 0.6 is 11.6 Å². The Hall–Kier alpha value is -0.640. The van der Waals surface area contributed by atoms with Gasteiger partial charge in [-0.1, -0.05) is 38.4 Å². The van der Waals surface area contributed by atoms with Gasteiger partial charge in [0, 0.05) is 42.3 Å². The van der Waals surface area contributed by atoms with E-state index in [4.69, 9.17) is 11.6 Å². The molecule has 1 aliphatic heterocycles. The Balaban J connectivity index is 2.10. The van der Waals surface area contributed by atoms with Crippen molar-refractivity contribution in [2.75, 3.05) is 13.1 Å². The Kier molecular flexibility index (Phi) is 4.73. The molecule has 1 heterocycles. The summed E-state index contributed by atoms with van der Waals surface area (Å²) in [5.41, 5.74) is 0.924. The number of nitrogens with zero attached hydrogens (tertiary/aromatic N) is 1. The van der Waals surface area contributed by atoms with Crippen LogP contribution in [0.15, 0.2) is 18.2 Å². The van der Waals surface area contributed by atoms with E-state index in [1.807, 2.05) is 0 Å². The van der Waals surface area contributed by atoms with E-state index in [-0.39, 0.29) is 11.2 Å². The van der Waals surface area contributed by atoms with Gasteiger partial charge in [0.05, 0.1) is 0 Å². The molecule has 2 atom stereocenters. The maximum atomic E-state index is 13.9. The van der Waals surface area contributed by atoms with Gasteiger partial charge in [-0.15, -0.1) is 0 Å². The zero-order valence-corrected chi connectivity index (χ0v) is 13.5. The highest BCUT2D eigenvalue weighted by molar-refractivity contribution is 6.30. The van der Waals surface area contributed by atoms with E-state index in [2.05, 4.69) is 37.9 Å². The Morgan fingerprint density at radius 2 is 2.10 bits per heavy atom. The summed E-state index contributed by atoms with van der Waals surface area (Å²) in [5.74, 6) is -0.212. The summed E-state index contributed by atoms with van der Waals surface area (Å²) >= 11 is 5.81. The van der Waals surface area contributed by atoms with Gasteiger partial charge in [-0.2, -0.15) is 0 Å². The first-order valence-electron chi connectivity index (χ1n) is 7.18. The lowest BCUT2D eigenvalue weighted by molar-refractivity contribution is 0.0868. The number of nitrogens with one attached hydrogen (secondary N) is 1. The van der Waals surface area contributed by atoms with Gasteiger partial charge in [-0.05, 0) is 24.5 Å². The molecule has 0 spiro atoms. The van der Waals surface area contributed by atoms with Gasteiger partial charge in [-0.25, -0.2) is 4.39 Å². The first-order chi connectivity index (χ1) is 9.27. The molecular weight excluding hydrogens is 275 g/mol. The van der Waals surface area contributed by atoms with Crippen molar-refractivity contribution in [3.8, 4) is 0 Å². The van der Waals surface area contributed by atoms with Crippen LogP contribution in [0.3, 0.4) is 0 Å². The molecule has 2 rings (SSSR count). The molecule has 1 aromatic rings. The molecule has 1 aliphatic rings. The summed E-state index contributed by atoms with van der Waals surface area (Å²) in [6, 6.07) is 5.77. The summed E-state index contributed by atoms with van der Waals surface area (Å²) in [4.78, 5) is 2.35. The Bertz CT molecular complexity index is 470. The van der Waals surface area contributed by atoms with E-state index in [1.165, 1.54) is 6.07 Å². The maximum absolute atomic E-state index is 13.9. The zero-order chi connectivity index (χ0) is 14.9. The van der Waals surface area contributed by atoms with Gasteiger partial charge in [0.2, 0.25) is 0 Å². The molecule has 0 saturated carbocycles. The first-order valence-corrected chi connectivity index (χ1v) is 7.56. The van der Waals surface area contributed by atoms with Crippen LogP contribution in [0, 0.1) is 11.2 Å². The third kappa shape index (κ3) is 3.72. The fourth-order valence-electron chi connectivity index (χ4n) is 2.59. The molecule has 1 N–H and O–H groups in total. The van der Waals surface area contributed by atoms with Crippen LogP contribution in [0.5, 0.6) is 0 Å². The van der Waals surface area contributed by atoms with Crippen molar-refractivity contribution in [3.05, 3.63) is 34.6 Å². The molecule has 1 aromatic carbocycles. The summed E-state index contributed by atoms with van der Waals surface area (Å²) in [6.45, 7) is 11.4. The fraction of sp³-hybridized carbons (Fsp3) is 0.625. The molecule has 1 fully saturated rings. The van der Waals surface area contributed by atoms with E-state index in [0.717, 1.165) is 18.7 Å². The SMILES string of the molecule is CC1CNC(C(C)(C)C)CN1Cc1ccc(Cl)cc1F. The minimum absolute atomic E-state index is 0.205. The number of hydrogen-bond acceptors (Lipinski definition) is 2. The normalized spacial score (nSPS) is 24.9. The van der Waals surface area contributed by atoms with Gasteiger partial charge in [0.15, 0.2) is 0 Å². The zero-order valence-electron chi connectivity index (χ0n) is 12.7. The summed E-state index contributed by atoms with van der Waals surface area (Å²) in [7, 11) is 0. The molecule has 4 heteroatoms. The van der Waals surface area contributed by atoms with Crippen LogP contribution in [0.25, 0.3) is 0 Å². The topological polar surface area (TPSA) is 15.3 Å². The molecular formula is C16H24ClFN2. The molecule has 0 amide bonds. The largest absolute Gasteiger partial charge is 0.311 e. The van der Waals surface area contributed by atoms with Gasteiger partial charge in [-0.3, -0.25) is 4.90 Å². The molecule has 0 aromatic heterocycles. The van der Waals surface area contributed by atoms with E-state index < -0.39 is 0 Å². The lowest BCUT2D eigenvalue weighted by atomic mass is 9.84. The maximum Gasteiger partial charge on any atom is 0.129 e. The van der Waals surface area contributed by atoms with Crippen molar-refractivity contribution in [1.29, 1.82) is 0 Å². The first kappa shape index (κ1) is 15.7. The molecule has 0 aliphatic carbocycles. The van der Waals surface area contributed by atoms with E-state index in [1.54, 1.807) is 12.1 Å². The number of hydrogen-bond donors (Lipinski definition) is 1. The fourth-order valence-corrected chi connectivity index (χ4v) is 2.75. The second kappa shape index (κ2) is 6.00. The second-order valence-corrected chi connectivity index (χ2v) is 7.28. The smallest absolute Gasteiger partial charge is 0.129 e. The van der Waals surface area contributed by atoms with E-state index >= 15 is 0 Å². The molecule has 0 radical (unpaired) electrons. The molecule has 2 unspecified atom stereocenters. The number of benzene rings is 1. The summed E-state index contributed by atoms with van der Waals surface area (Å²) in [6.07, 6.45) is 0. The molecule has 1 saturated heterocycles. The molecule has 20 heavy (non-hydrogen) atoms. The van der Waals surface area contributed by atoms with Crippen molar-refractivity contribution >= 4 is 11.6 Å². The van der Waals surface area contributed by atoms with Crippen LogP contribution in [-0.2, 0) is 6.54 Å². The standard InChI is InChI=1S/C16H24ClFN2/c1-11-8-19-15(16(2,3)4)10-20(11)9-12-5-6-13(17)7-14(12)18/h5-7,11,15,19H,8-10H2,1-4H3. The third-order valence-electron chi connectivity index (χ3n) is 4.13. The highest BCUT2D eigenvalue weighted by atomic mass is 35.5. The van der Waals surface area contributed by atoms with Gasteiger partial charge in [0.25, 0.3) is 0 Å². The number of rotatable bonds is 2. The van der Waals surface area contributed by atoms with Crippen LogP contribution in [-0.4, -0.2) is 30.1 Å². The van der Waals surface area contributed by atoms with Gasteiger partial charge in [0.1, 0.15) is 5.82 Å². The Labute approximate surface area is 126 Å². The Morgan fingerprint density at radius 3 is 2.70 bits per heavy atom. The van der Waals surface area contributed by atoms with Crippen LogP contribution in [0.4, 0.5) is 4.39 Å². The molecule has 112 valence electrons.